The van der Waals surface area contributed by atoms with E-state index in [1.165, 1.54) is 12.1 Å². The predicted molar refractivity (Wildman–Crippen MR) is 126 cm³/mol. The van der Waals surface area contributed by atoms with Gasteiger partial charge in [-0.2, -0.15) is 0 Å². The highest BCUT2D eigenvalue weighted by Crippen LogP contribution is 2.34. The summed E-state index contributed by atoms with van der Waals surface area (Å²) in [4.78, 5) is 19.6. The van der Waals surface area contributed by atoms with Gasteiger partial charge in [0, 0.05) is 50.2 Å². The fourth-order valence-electron chi connectivity index (χ4n) is 4.28. The van der Waals surface area contributed by atoms with E-state index in [-0.39, 0.29) is 11.7 Å². The minimum atomic E-state index is -0.409. The van der Waals surface area contributed by atoms with E-state index in [4.69, 9.17) is 4.74 Å². The number of alkyl halides is 1. The van der Waals surface area contributed by atoms with Crippen molar-refractivity contribution in [2.75, 3.05) is 54.4 Å². The molecule has 1 unspecified atom stereocenters. The highest BCUT2D eigenvalue weighted by molar-refractivity contribution is 9.09. The first-order valence-corrected chi connectivity index (χ1v) is 12.1. The summed E-state index contributed by atoms with van der Waals surface area (Å²) in [7, 11) is 0. The maximum absolute atomic E-state index is 13.1. The zero-order chi connectivity index (χ0) is 21.6. The number of hydrogen-bond donors (Lipinski definition) is 0. The van der Waals surface area contributed by atoms with Gasteiger partial charge in [-0.25, -0.2) is 4.39 Å². The number of amides is 1. The standard InChI is InChI=1S/C24H29BrFN3O2/c25-12-11-23-24(30)29(21-5-1-2-6-22(21)31-23)14-4-3-13-27-15-17-28(18-16-27)20-9-7-19(26)8-10-20/h1-2,5-10,23H,3-4,11-18H2. The number of fused-ring (bicyclic) bond motifs is 1. The number of anilines is 2. The first-order valence-electron chi connectivity index (χ1n) is 11.0. The van der Waals surface area contributed by atoms with Crippen molar-refractivity contribution < 1.29 is 13.9 Å². The molecule has 2 aliphatic rings. The number of unbranched alkanes of at least 4 members (excludes halogenated alkanes) is 1. The van der Waals surface area contributed by atoms with E-state index in [2.05, 4.69) is 25.7 Å². The number of hydrogen-bond acceptors (Lipinski definition) is 4. The first-order chi connectivity index (χ1) is 15.2. The maximum Gasteiger partial charge on any atom is 0.268 e. The van der Waals surface area contributed by atoms with Crippen LogP contribution >= 0.6 is 15.9 Å². The van der Waals surface area contributed by atoms with Gasteiger partial charge in [-0.1, -0.05) is 28.1 Å². The van der Waals surface area contributed by atoms with E-state index < -0.39 is 6.10 Å². The van der Waals surface area contributed by atoms with Crippen LogP contribution in [0.15, 0.2) is 48.5 Å². The van der Waals surface area contributed by atoms with Gasteiger partial charge in [-0.3, -0.25) is 9.69 Å². The van der Waals surface area contributed by atoms with E-state index >= 15 is 0 Å². The molecule has 0 saturated carbocycles. The van der Waals surface area contributed by atoms with Crippen molar-refractivity contribution in [3.63, 3.8) is 0 Å². The average Bonchev–Trinajstić information content (AvgIpc) is 2.80. The van der Waals surface area contributed by atoms with Crippen LogP contribution in [0.3, 0.4) is 0 Å². The van der Waals surface area contributed by atoms with Crippen LogP contribution < -0.4 is 14.5 Å². The largest absolute Gasteiger partial charge is 0.478 e. The first kappa shape index (κ1) is 22.1. The van der Waals surface area contributed by atoms with E-state index in [0.717, 1.165) is 68.0 Å². The molecule has 7 heteroatoms. The van der Waals surface area contributed by atoms with Gasteiger partial charge in [0.05, 0.1) is 5.69 Å². The predicted octanol–water partition coefficient (Wildman–Crippen LogP) is 4.31. The number of halogens is 2. The number of benzene rings is 2. The number of nitrogens with zero attached hydrogens (tertiary/aromatic N) is 3. The molecule has 5 nitrogen and oxygen atoms in total. The third-order valence-corrected chi connectivity index (χ3v) is 6.47. The van der Waals surface area contributed by atoms with Crippen LogP contribution in [-0.2, 0) is 4.79 Å². The summed E-state index contributed by atoms with van der Waals surface area (Å²) in [6.07, 6.45) is 2.27. The van der Waals surface area contributed by atoms with Crippen molar-refractivity contribution in [3.05, 3.63) is 54.3 Å². The molecule has 1 atom stereocenters. The quantitative estimate of drug-likeness (QED) is 0.408. The van der Waals surface area contributed by atoms with E-state index in [1.807, 2.05) is 41.3 Å². The van der Waals surface area contributed by atoms with Crippen LogP contribution in [0.4, 0.5) is 15.8 Å². The molecule has 4 rings (SSSR count). The van der Waals surface area contributed by atoms with Crippen molar-refractivity contribution >= 4 is 33.2 Å². The van der Waals surface area contributed by atoms with Gasteiger partial charge in [-0.15, -0.1) is 0 Å². The summed E-state index contributed by atoms with van der Waals surface area (Å²) < 4.78 is 19.0. The molecule has 0 radical (unpaired) electrons. The van der Waals surface area contributed by atoms with Gasteiger partial charge in [0.2, 0.25) is 0 Å². The Morgan fingerprint density at radius 3 is 2.42 bits per heavy atom. The van der Waals surface area contributed by atoms with Crippen molar-refractivity contribution in [1.82, 2.24) is 4.90 Å². The molecular formula is C24H29BrFN3O2. The third-order valence-electron chi connectivity index (χ3n) is 6.01. The van der Waals surface area contributed by atoms with Crippen LogP contribution in [0.1, 0.15) is 19.3 Å². The molecule has 0 N–H and O–H groups in total. The number of carbonyl (C=O) groups is 1. The Bertz CT molecular complexity index is 871. The normalized spacial score (nSPS) is 19.3. The van der Waals surface area contributed by atoms with Crippen LogP contribution in [0.2, 0.25) is 0 Å². The molecule has 0 aliphatic carbocycles. The number of rotatable bonds is 8. The van der Waals surface area contributed by atoms with Gasteiger partial charge in [0.15, 0.2) is 6.10 Å². The number of ether oxygens (including phenoxy) is 1. The zero-order valence-electron chi connectivity index (χ0n) is 17.7. The molecule has 1 amide bonds. The topological polar surface area (TPSA) is 36.0 Å². The maximum atomic E-state index is 13.1. The van der Waals surface area contributed by atoms with Crippen LogP contribution in [0.5, 0.6) is 5.75 Å². The lowest BCUT2D eigenvalue weighted by Gasteiger charge is -2.36. The molecule has 2 aliphatic heterocycles. The molecular weight excluding hydrogens is 461 g/mol. The highest BCUT2D eigenvalue weighted by Gasteiger charge is 2.33. The fraction of sp³-hybridized carbons (Fsp3) is 0.458. The Kier molecular flexibility index (Phi) is 7.45. The fourth-order valence-corrected chi connectivity index (χ4v) is 4.69. The van der Waals surface area contributed by atoms with Crippen molar-refractivity contribution in [1.29, 1.82) is 0 Å². The SMILES string of the molecule is O=C1C(CCBr)Oc2ccccc2N1CCCCN1CCN(c2ccc(F)cc2)CC1. The Morgan fingerprint density at radius 1 is 0.968 bits per heavy atom. The summed E-state index contributed by atoms with van der Waals surface area (Å²) >= 11 is 3.43. The van der Waals surface area contributed by atoms with Gasteiger partial charge < -0.3 is 14.5 Å². The molecule has 31 heavy (non-hydrogen) atoms. The minimum absolute atomic E-state index is 0.0612. The van der Waals surface area contributed by atoms with Gasteiger partial charge in [-0.05, 0) is 55.8 Å². The number of carbonyl (C=O) groups excluding carboxylic acids is 1. The average molecular weight is 490 g/mol. The van der Waals surface area contributed by atoms with Gasteiger partial charge >= 0.3 is 0 Å². The lowest BCUT2D eigenvalue weighted by atomic mass is 10.1. The van der Waals surface area contributed by atoms with Crippen molar-refractivity contribution in [2.45, 2.75) is 25.4 Å². The second kappa shape index (κ2) is 10.5. The monoisotopic (exact) mass is 489 g/mol. The third kappa shape index (κ3) is 5.39. The highest BCUT2D eigenvalue weighted by atomic mass is 79.9. The van der Waals surface area contributed by atoms with Crippen LogP contribution in [0, 0.1) is 5.82 Å². The zero-order valence-corrected chi connectivity index (χ0v) is 19.3. The van der Waals surface area contributed by atoms with Crippen molar-refractivity contribution in [2.24, 2.45) is 0 Å². The Morgan fingerprint density at radius 2 is 1.68 bits per heavy atom. The van der Waals surface area contributed by atoms with E-state index in [1.54, 1.807) is 0 Å². The Balaban J connectivity index is 1.24. The van der Waals surface area contributed by atoms with Gasteiger partial charge in [0.25, 0.3) is 5.91 Å². The second-order valence-corrected chi connectivity index (χ2v) is 8.85. The molecule has 2 heterocycles. The van der Waals surface area contributed by atoms with E-state index in [9.17, 15) is 9.18 Å². The summed E-state index contributed by atoms with van der Waals surface area (Å²) in [5.74, 6) is 0.665. The summed E-state index contributed by atoms with van der Waals surface area (Å²) in [5, 5.41) is 0.739. The number of piperazine rings is 1. The minimum Gasteiger partial charge on any atom is -0.478 e. The van der Waals surface area contributed by atoms with E-state index in [0.29, 0.717) is 13.0 Å². The summed E-state index contributed by atoms with van der Waals surface area (Å²) in [6, 6.07) is 14.6. The molecule has 0 bridgehead atoms. The Hall–Kier alpha value is -2.12. The lowest BCUT2D eigenvalue weighted by molar-refractivity contribution is -0.126. The smallest absolute Gasteiger partial charge is 0.268 e. The molecule has 1 fully saturated rings. The molecule has 166 valence electrons. The van der Waals surface area contributed by atoms with Crippen LogP contribution in [0.25, 0.3) is 0 Å². The molecule has 2 aromatic rings. The number of para-hydroxylation sites is 2. The summed E-state index contributed by atoms with van der Waals surface area (Å²) in [6.45, 7) is 5.66. The lowest BCUT2D eigenvalue weighted by Crippen LogP contribution is -2.47. The second-order valence-electron chi connectivity index (χ2n) is 8.05. The molecule has 2 aromatic carbocycles. The van der Waals surface area contributed by atoms with Gasteiger partial charge in [0.1, 0.15) is 11.6 Å². The Labute approximate surface area is 191 Å². The molecule has 1 saturated heterocycles. The van der Waals surface area contributed by atoms with Crippen molar-refractivity contribution in [3.8, 4) is 5.75 Å². The van der Waals surface area contributed by atoms with Crippen LogP contribution in [-0.4, -0.2) is 61.5 Å². The molecule has 0 spiro atoms. The molecule has 0 aromatic heterocycles. The summed E-state index contributed by atoms with van der Waals surface area (Å²) in [5.41, 5.74) is 1.97.